The molecular formula is C15H22ClN3OS. The molecule has 21 heavy (non-hydrogen) atoms. The van der Waals surface area contributed by atoms with Gasteiger partial charge in [-0.2, -0.15) is 16.9 Å². The van der Waals surface area contributed by atoms with Gasteiger partial charge in [0.1, 0.15) is 5.69 Å². The van der Waals surface area contributed by atoms with Gasteiger partial charge in [0.05, 0.1) is 11.2 Å². The highest BCUT2D eigenvalue weighted by Crippen LogP contribution is 2.28. The number of aromatic nitrogens is 2. The molecule has 1 N–H and O–H groups in total. The van der Waals surface area contributed by atoms with Crippen LogP contribution in [0, 0.1) is 11.8 Å². The maximum absolute atomic E-state index is 12.5. The van der Waals surface area contributed by atoms with Crippen molar-refractivity contribution in [1.82, 2.24) is 9.78 Å². The van der Waals surface area contributed by atoms with Crippen molar-refractivity contribution in [2.75, 3.05) is 23.4 Å². The summed E-state index contributed by atoms with van der Waals surface area (Å²) in [7, 11) is 0. The molecule has 4 nitrogen and oxygen atoms in total. The lowest BCUT2D eigenvalue weighted by molar-refractivity contribution is 0.262. The predicted octanol–water partition coefficient (Wildman–Crippen LogP) is 3.25. The summed E-state index contributed by atoms with van der Waals surface area (Å²) in [6, 6.07) is 0. The topological polar surface area (TPSA) is 46.9 Å². The highest BCUT2D eigenvalue weighted by Gasteiger charge is 2.21. The molecule has 116 valence electrons. The van der Waals surface area contributed by atoms with Gasteiger partial charge in [-0.3, -0.25) is 4.79 Å². The molecule has 1 aliphatic carbocycles. The van der Waals surface area contributed by atoms with Crippen LogP contribution in [0.2, 0.25) is 5.02 Å². The fraction of sp³-hybridized carbons (Fsp3) is 0.733. The minimum atomic E-state index is -0.0698. The maximum atomic E-state index is 12.5. The first-order chi connectivity index (χ1) is 10.2. The molecule has 2 heterocycles. The van der Waals surface area contributed by atoms with Crippen molar-refractivity contribution in [3.63, 3.8) is 0 Å². The van der Waals surface area contributed by atoms with Gasteiger partial charge in [-0.25, -0.2) is 4.68 Å². The molecule has 6 heteroatoms. The summed E-state index contributed by atoms with van der Waals surface area (Å²) >= 11 is 8.18. The standard InChI is InChI=1S/C15H22ClN3OS/c16-13-9-18-19(10-12-2-1-3-12)15(20)14(13)17-8-11-4-6-21-7-5-11/h9,11-12,17H,1-8,10H2. The molecule has 2 fully saturated rings. The first kappa shape index (κ1) is 15.2. The van der Waals surface area contributed by atoms with Gasteiger partial charge in [0.15, 0.2) is 0 Å². The van der Waals surface area contributed by atoms with Gasteiger partial charge in [0.25, 0.3) is 5.56 Å². The average Bonchev–Trinajstić information content (AvgIpc) is 2.45. The predicted molar refractivity (Wildman–Crippen MR) is 89.4 cm³/mol. The molecule has 0 spiro atoms. The van der Waals surface area contributed by atoms with Crippen molar-refractivity contribution in [2.45, 2.75) is 38.6 Å². The van der Waals surface area contributed by atoms with Crippen LogP contribution in [0.3, 0.4) is 0 Å². The van der Waals surface area contributed by atoms with Crippen molar-refractivity contribution in [2.24, 2.45) is 11.8 Å². The van der Waals surface area contributed by atoms with Gasteiger partial charge < -0.3 is 5.32 Å². The van der Waals surface area contributed by atoms with Crippen LogP contribution in [-0.4, -0.2) is 27.8 Å². The van der Waals surface area contributed by atoms with Crippen molar-refractivity contribution in [3.8, 4) is 0 Å². The molecule has 0 aromatic carbocycles. The summed E-state index contributed by atoms with van der Waals surface area (Å²) in [5.74, 6) is 3.71. The molecule has 0 unspecified atom stereocenters. The molecule has 1 aromatic heterocycles. The number of hydrogen-bond acceptors (Lipinski definition) is 4. The lowest BCUT2D eigenvalue weighted by atomic mass is 9.85. The van der Waals surface area contributed by atoms with Crippen molar-refractivity contribution in [1.29, 1.82) is 0 Å². The van der Waals surface area contributed by atoms with Gasteiger partial charge in [-0.1, -0.05) is 18.0 Å². The third kappa shape index (κ3) is 3.75. The highest BCUT2D eigenvalue weighted by atomic mass is 35.5. The Morgan fingerprint density at radius 3 is 2.71 bits per heavy atom. The third-order valence-corrected chi connectivity index (χ3v) is 5.90. The summed E-state index contributed by atoms with van der Waals surface area (Å²) in [6.45, 7) is 1.56. The second-order valence-corrected chi connectivity index (χ2v) is 7.72. The summed E-state index contributed by atoms with van der Waals surface area (Å²) < 4.78 is 1.58. The largest absolute Gasteiger partial charge is 0.379 e. The normalized spacial score (nSPS) is 20.2. The first-order valence-corrected chi connectivity index (χ1v) is 9.34. The molecular weight excluding hydrogens is 306 g/mol. The fourth-order valence-corrected chi connectivity index (χ4v) is 4.27. The SMILES string of the molecule is O=c1c(NCC2CCSCC2)c(Cl)cnn1CC1CCC1. The van der Waals surface area contributed by atoms with E-state index < -0.39 is 0 Å². The van der Waals surface area contributed by atoms with Crippen molar-refractivity contribution in [3.05, 3.63) is 21.6 Å². The number of halogens is 1. The smallest absolute Gasteiger partial charge is 0.291 e. The Hall–Kier alpha value is -0.680. The second-order valence-electron chi connectivity index (χ2n) is 6.09. The first-order valence-electron chi connectivity index (χ1n) is 7.81. The van der Waals surface area contributed by atoms with Crippen LogP contribution in [0.15, 0.2) is 11.0 Å². The van der Waals surface area contributed by atoms with Crippen LogP contribution < -0.4 is 10.9 Å². The Labute approximate surface area is 134 Å². The minimum absolute atomic E-state index is 0.0698. The van der Waals surface area contributed by atoms with Crippen LogP contribution in [0.1, 0.15) is 32.1 Å². The molecule has 1 aliphatic heterocycles. The van der Waals surface area contributed by atoms with E-state index in [1.54, 1.807) is 10.9 Å². The molecule has 1 saturated carbocycles. The van der Waals surface area contributed by atoms with E-state index in [9.17, 15) is 4.79 Å². The lowest BCUT2D eigenvalue weighted by Crippen LogP contribution is -2.32. The van der Waals surface area contributed by atoms with Gasteiger partial charge in [-0.15, -0.1) is 0 Å². The number of thioether (sulfide) groups is 1. The second kappa shape index (κ2) is 7.05. The van der Waals surface area contributed by atoms with Crippen LogP contribution in [0.5, 0.6) is 0 Å². The van der Waals surface area contributed by atoms with Gasteiger partial charge in [0.2, 0.25) is 0 Å². The van der Waals surface area contributed by atoms with Gasteiger partial charge in [0, 0.05) is 13.1 Å². The summed E-state index contributed by atoms with van der Waals surface area (Å²) in [4.78, 5) is 12.5. The summed E-state index contributed by atoms with van der Waals surface area (Å²) in [5, 5.41) is 7.91. The van der Waals surface area contributed by atoms with Gasteiger partial charge in [-0.05, 0) is 49.0 Å². The maximum Gasteiger partial charge on any atom is 0.291 e. The third-order valence-electron chi connectivity index (χ3n) is 4.56. The number of nitrogens with zero attached hydrogens (tertiary/aromatic N) is 2. The van der Waals surface area contributed by atoms with Crippen LogP contribution in [-0.2, 0) is 6.54 Å². The summed E-state index contributed by atoms with van der Waals surface area (Å²) in [5.41, 5.74) is 0.462. The molecule has 1 aromatic rings. The van der Waals surface area contributed by atoms with Crippen molar-refractivity contribution < 1.29 is 0 Å². The average molecular weight is 328 g/mol. The van der Waals surface area contributed by atoms with Crippen molar-refractivity contribution >= 4 is 29.1 Å². The Kier molecular flexibility index (Phi) is 5.11. The summed E-state index contributed by atoms with van der Waals surface area (Å²) in [6.07, 6.45) is 7.73. The Morgan fingerprint density at radius 2 is 2.05 bits per heavy atom. The van der Waals surface area contributed by atoms with Gasteiger partial charge >= 0.3 is 0 Å². The quantitative estimate of drug-likeness (QED) is 0.901. The number of hydrogen-bond donors (Lipinski definition) is 1. The number of anilines is 1. The van der Waals surface area contributed by atoms with E-state index >= 15 is 0 Å². The van der Waals surface area contributed by atoms with E-state index in [2.05, 4.69) is 10.4 Å². The Morgan fingerprint density at radius 1 is 1.29 bits per heavy atom. The Balaban J connectivity index is 1.67. The van der Waals surface area contributed by atoms with Crippen LogP contribution in [0.4, 0.5) is 5.69 Å². The van der Waals surface area contributed by atoms with Crippen LogP contribution >= 0.6 is 23.4 Å². The van der Waals surface area contributed by atoms with E-state index in [0.29, 0.717) is 22.5 Å². The zero-order chi connectivity index (χ0) is 14.7. The van der Waals surface area contributed by atoms with E-state index in [0.717, 1.165) is 13.1 Å². The van der Waals surface area contributed by atoms with E-state index in [4.69, 9.17) is 11.6 Å². The zero-order valence-electron chi connectivity index (χ0n) is 12.2. The highest BCUT2D eigenvalue weighted by molar-refractivity contribution is 7.99. The molecule has 3 rings (SSSR count). The molecule has 0 bridgehead atoms. The van der Waals surface area contributed by atoms with E-state index in [1.807, 2.05) is 11.8 Å². The molecule has 0 atom stereocenters. The number of nitrogens with one attached hydrogen (secondary N) is 1. The zero-order valence-corrected chi connectivity index (χ0v) is 13.8. The fourth-order valence-electron chi connectivity index (χ4n) is 2.88. The molecule has 1 saturated heterocycles. The monoisotopic (exact) mass is 327 g/mol. The molecule has 0 amide bonds. The number of rotatable bonds is 5. The lowest BCUT2D eigenvalue weighted by Gasteiger charge is -2.26. The minimum Gasteiger partial charge on any atom is -0.379 e. The molecule has 0 radical (unpaired) electrons. The Bertz CT molecular complexity index is 538. The van der Waals surface area contributed by atoms with E-state index in [-0.39, 0.29) is 5.56 Å². The van der Waals surface area contributed by atoms with E-state index in [1.165, 1.54) is 43.6 Å². The van der Waals surface area contributed by atoms with Crippen LogP contribution in [0.25, 0.3) is 0 Å². The molecule has 2 aliphatic rings.